The molecular formula is C32H32ClN3O7. The molecule has 43 heavy (non-hydrogen) atoms. The van der Waals surface area contributed by atoms with Gasteiger partial charge < -0.3 is 29.8 Å². The minimum absolute atomic E-state index is 0.0233. The lowest BCUT2D eigenvalue weighted by Gasteiger charge is -2.18. The third-order valence-electron chi connectivity index (χ3n) is 6.61. The van der Waals surface area contributed by atoms with Crippen LogP contribution in [0.3, 0.4) is 0 Å². The normalized spacial score (nSPS) is 11.4. The number of halogens is 1. The van der Waals surface area contributed by atoms with E-state index in [0.29, 0.717) is 41.1 Å². The summed E-state index contributed by atoms with van der Waals surface area (Å²) in [6.07, 6.45) is 0.520. The van der Waals surface area contributed by atoms with E-state index in [1.165, 1.54) is 7.11 Å². The predicted octanol–water partition coefficient (Wildman–Crippen LogP) is 5.04. The third kappa shape index (κ3) is 9.08. The number of benzene rings is 3. The summed E-state index contributed by atoms with van der Waals surface area (Å²) < 4.78 is 15.6. The number of hydrogen-bond acceptors (Lipinski definition) is 7. The zero-order chi connectivity index (χ0) is 30.6. The van der Waals surface area contributed by atoms with E-state index in [2.05, 4.69) is 16.0 Å². The van der Waals surface area contributed by atoms with Crippen LogP contribution in [0, 0.1) is 0 Å². The minimum Gasteiger partial charge on any atom is -0.465 e. The summed E-state index contributed by atoms with van der Waals surface area (Å²) in [5.74, 6) is -1.24. The molecule has 0 unspecified atom stereocenters. The molecule has 11 heteroatoms. The van der Waals surface area contributed by atoms with Crippen molar-refractivity contribution in [3.8, 4) is 0 Å². The third-order valence-corrected chi connectivity index (χ3v) is 6.98. The molecule has 10 nitrogen and oxygen atoms in total. The van der Waals surface area contributed by atoms with Crippen molar-refractivity contribution in [1.29, 1.82) is 0 Å². The zero-order valence-corrected chi connectivity index (χ0v) is 24.3. The summed E-state index contributed by atoms with van der Waals surface area (Å²) >= 11 is 6.09. The number of carbonyl (C=O) groups excluding carboxylic acids is 4. The maximum Gasteiger partial charge on any atom is 0.407 e. The molecule has 0 spiro atoms. The van der Waals surface area contributed by atoms with Gasteiger partial charge in [0.25, 0.3) is 5.91 Å². The second-order valence-electron chi connectivity index (χ2n) is 9.64. The fourth-order valence-electron chi connectivity index (χ4n) is 4.28. The molecule has 3 aromatic carbocycles. The molecule has 3 N–H and O–H groups in total. The second kappa shape index (κ2) is 15.4. The fourth-order valence-corrected chi connectivity index (χ4v) is 4.47. The highest BCUT2D eigenvalue weighted by atomic mass is 35.5. The Morgan fingerprint density at radius 2 is 1.65 bits per heavy atom. The van der Waals surface area contributed by atoms with Crippen molar-refractivity contribution in [1.82, 2.24) is 16.0 Å². The molecule has 0 saturated heterocycles. The van der Waals surface area contributed by atoms with E-state index in [-0.39, 0.29) is 31.2 Å². The molecule has 3 amide bonds. The Kier molecular flexibility index (Phi) is 11.2. The molecule has 224 valence electrons. The molecule has 0 radical (unpaired) electrons. The molecule has 0 aliphatic carbocycles. The average molecular weight is 606 g/mol. The predicted molar refractivity (Wildman–Crippen MR) is 161 cm³/mol. The van der Waals surface area contributed by atoms with Gasteiger partial charge in [0.05, 0.1) is 12.7 Å². The Balaban J connectivity index is 1.30. The second-order valence-corrected chi connectivity index (χ2v) is 10.0. The number of esters is 1. The summed E-state index contributed by atoms with van der Waals surface area (Å²) in [6, 6.07) is 21.9. The van der Waals surface area contributed by atoms with Gasteiger partial charge in [-0.2, -0.15) is 0 Å². The maximum absolute atomic E-state index is 13.1. The van der Waals surface area contributed by atoms with Crippen molar-refractivity contribution in [2.45, 2.75) is 31.9 Å². The molecule has 4 rings (SSSR count). The summed E-state index contributed by atoms with van der Waals surface area (Å²) in [5.41, 5.74) is 2.59. The van der Waals surface area contributed by atoms with Crippen LogP contribution < -0.4 is 16.0 Å². The number of rotatable bonds is 13. The zero-order valence-electron chi connectivity index (χ0n) is 23.6. The number of nitrogens with one attached hydrogen (secondary N) is 3. The van der Waals surface area contributed by atoms with Gasteiger partial charge in [0.15, 0.2) is 5.76 Å². The van der Waals surface area contributed by atoms with Crippen LogP contribution >= 0.6 is 11.6 Å². The van der Waals surface area contributed by atoms with Crippen LogP contribution in [0.25, 0.3) is 11.0 Å². The first kappa shape index (κ1) is 31.1. The van der Waals surface area contributed by atoms with E-state index in [1.807, 2.05) is 12.1 Å². The lowest BCUT2D eigenvalue weighted by Crippen LogP contribution is -2.47. The molecule has 0 saturated carbocycles. The van der Waals surface area contributed by atoms with Gasteiger partial charge in [0, 0.05) is 29.1 Å². The molecule has 0 aliphatic heterocycles. The number of hydrogen-bond donors (Lipinski definition) is 3. The number of fused-ring (bicyclic) bond motifs is 1. The van der Waals surface area contributed by atoms with E-state index in [0.717, 1.165) is 10.9 Å². The first-order chi connectivity index (χ1) is 20.8. The number of ether oxygens (including phenoxy) is 2. The number of carbonyl (C=O) groups is 4. The standard InChI is InChI=1S/C32H32ClN3O7/c1-41-31(39)22-14-12-21(13-15-22)16-18-34-29(37)26(36-30(38)28-19-23-7-3-5-11-27(23)43-28)10-6-17-35-32(40)42-20-24-8-2-4-9-25(24)33/h2-5,7-9,11-15,19,26H,6,10,16-18,20H2,1H3,(H,34,37)(H,35,40)(H,36,38)/t26-/m0/s1. The van der Waals surface area contributed by atoms with Gasteiger partial charge >= 0.3 is 12.1 Å². The van der Waals surface area contributed by atoms with E-state index < -0.39 is 24.0 Å². The van der Waals surface area contributed by atoms with E-state index >= 15 is 0 Å². The van der Waals surface area contributed by atoms with Crippen molar-refractivity contribution in [3.63, 3.8) is 0 Å². The van der Waals surface area contributed by atoms with Gasteiger partial charge in [-0.05, 0) is 55.2 Å². The first-order valence-corrected chi connectivity index (χ1v) is 14.1. The molecule has 4 aromatic rings. The lowest BCUT2D eigenvalue weighted by molar-refractivity contribution is -0.123. The molecule has 1 aromatic heterocycles. The van der Waals surface area contributed by atoms with Gasteiger partial charge in [-0.15, -0.1) is 0 Å². The number of para-hydroxylation sites is 1. The Labute approximate surface area is 253 Å². The number of methoxy groups -OCH3 is 1. The molecule has 1 heterocycles. The smallest absolute Gasteiger partial charge is 0.407 e. The summed E-state index contributed by atoms with van der Waals surface area (Å²) in [6.45, 7) is 0.549. The highest BCUT2D eigenvalue weighted by Gasteiger charge is 2.23. The van der Waals surface area contributed by atoms with Crippen LogP contribution in [-0.4, -0.2) is 50.1 Å². The monoisotopic (exact) mass is 605 g/mol. The van der Waals surface area contributed by atoms with Crippen molar-refractivity contribution >= 4 is 46.4 Å². The van der Waals surface area contributed by atoms with E-state index in [4.69, 9.17) is 25.5 Å². The van der Waals surface area contributed by atoms with Gasteiger partial charge in [0.2, 0.25) is 5.91 Å². The van der Waals surface area contributed by atoms with Crippen LogP contribution in [0.1, 0.15) is 44.9 Å². The average Bonchev–Trinajstić information content (AvgIpc) is 3.46. The summed E-state index contributed by atoms with van der Waals surface area (Å²) in [7, 11) is 1.32. The van der Waals surface area contributed by atoms with Gasteiger partial charge in [-0.1, -0.05) is 60.1 Å². The highest BCUT2D eigenvalue weighted by molar-refractivity contribution is 6.31. The summed E-state index contributed by atoms with van der Waals surface area (Å²) in [4.78, 5) is 49.9. The van der Waals surface area contributed by atoms with Gasteiger partial charge in [-0.3, -0.25) is 9.59 Å². The Bertz CT molecular complexity index is 1540. The minimum atomic E-state index is -0.886. The Hall–Kier alpha value is -4.83. The number of amides is 3. The van der Waals surface area contributed by atoms with Crippen LogP contribution in [0.5, 0.6) is 0 Å². The SMILES string of the molecule is COC(=O)c1ccc(CCNC(=O)[C@H](CCCNC(=O)OCc2ccccc2Cl)NC(=O)c2cc3ccccc3o2)cc1. The topological polar surface area (TPSA) is 136 Å². The van der Waals surface area contributed by atoms with Crippen molar-refractivity contribution < 1.29 is 33.1 Å². The molecule has 0 bridgehead atoms. The largest absolute Gasteiger partial charge is 0.465 e. The lowest BCUT2D eigenvalue weighted by atomic mass is 10.1. The Morgan fingerprint density at radius 1 is 0.907 bits per heavy atom. The van der Waals surface area contributed by atoms with E-state index in [9.17, 15) is 19.2 Å². The van der Waals surface area contributed by atoms with Crippen molar-refractivity contribution in [3.05, 3.63) is 106 Å². The first-order valence-electron chi connectivity index (χ1n) is 13.7. The molecule has 1 atom stereocenters. The van der Waals surface area contributed by atoms with Gasteiger partial charge in [-0.25, -0.2) is 9.59 Å². The number of furan rings is 1. The molecule has 0 fully saturated rings. The summed E-state index contributed by atoms with van der Waals surface area (Å²) in [5, 5.41) is 9.53. The number of alkyl carbamates (subject to hydrolysis) is 1. The van der Waals surface area contributed by atoms with Crippen molar-refractivity contribution in [2.24, 2.45) is 0 Å². The Morgan fingerprint density at radius 3 is 2.40 bits per heavy atom. The van der Waals surface area contributed by atoms with Gasteiger partial charge in [0.1, 0.15) is 18.2 Å². The molecule has 0 aliphatic rings. The highest BCUT2D eigenvalue weighted by Crippen LogP contribution is 2.19. The van der Waals surface area contributed by atoms with Crippen LogP contribution in [0.4, 0.5) is 4.79 Å². The molecular weight excluding hydrogens is 574 g/mol. The van der Waals surface area contributed by atoms with E-state index in [1.54, 1.807) is 66.7 Å². The fraction of sp³-hybridized carbons (Fsp3) is 0.250. The quantitative estimate of drug-likeness (QED) is 0.143. The van der Waals surface area contributed by atoms with Crippen LogP contribution in [0.2, 0.25) is 5.02 Å². The van der Waals surface area contributed by atoms with Crippen LogP contribution in [0.15, 0.2) is 83.3 Å². The van der Waals surface area contributed by atoms with Crippen LogP contribution in [-0.2, 0) is 27.3 Å². The van der Waals surface area contributed by atoms with Crippen molar-refractivity contribution in [2.75, 3.05) is 20.2 Å². The maximum atomic E-state index is 13.1.